The summed E-state index contributed by atoms with van der Waals surface area (Å²) in [6.45, 7) is 6.06. The maximum Gasteiger partial charge on any atom is 0.140 e. The van der Waals surface area contributed by atoms with Crippen molar-refractivity contribution in [2.75, 3.05) is 0 Å². The highest BCUT2D eigenvalue weighted by molar-refractivity contribution is 6.09. The van der Waals surface area contributed by atoms with Gasteiger partial charge in [0.05, 0.1) is 45.5 Å². The second-order valence-corrected chi connectivity index (χ2v) is 8.73. The number of para-hydroxylation sites is 1. The molecule has 0 aliphatic heterocycles. The molecule has 5 heteroatoms. The third kappa shape index (κ3) is 3.34. The van der Waals surface area contributed by atoms with Gasteiger partial charge in [0.1, 0.15) is 11.6 Å². The molecule has 0 saturated heterocycles. The van der Waals surface area contributed by atoms with E-state index in [0.29, 0.717) is 11.1 Å². The third-order valence-corrected chi connectivity index (χ3v) is 6.68. The van der Waals surface area contributed by atoms with Crippen LogP contribution in [0.4, 0.5) is 0 Å². The van der Waals surface area contributed by atoms with Crippen LogP contribution in [-0.4, -0.2) is 14.1 Å². The molecule has 0 aliphatic carbocycles. The molecule has 0 bridgehead atoms. The molecule has 0 fully saturated rings. The molecular weight excluding hydrogens is 454 g/mol. The molecule has 3 heterocycles. The van der Waals surface area contributed by atoms with Gasteiger partial charge in [-0.1, -0.05) is 43.0 Å². The van der Waals surface area contributed by atoms with Crippen LogP contribution in [0.5, 0.6) is 0 Å². The summed E-state index contributed by atoms with van der Waals surface area (Å²) < 4.78 is 4.22. The Kier molecular flexibility index (Phi) is 5.18. The largest absolute Gasteiger partial charge is 0.294 e. The third-order valence-electron chi connectivity index (χ3n) is 6.68. The summed E-state index contributed by atoms with van der Waals surface area (Å²) in [5, 5.41) is 22.0. The molecule has 37 heavy (non-hydrogen) atoms. The van der Waals surface area contributed by atoms with Gasteiger partial charge in [-0.15, -0.1) is 0 Å². The smallest absolute Gasteiger partial charge is 0.140 e. The van der Waals surface area contributed by atoms with Crippen molar-refractivity contribution in [1.82, 2.24) is 14.1 Å². The van der Waals surface area contributed by atoms with Crippen molar-refractivity contribution in [1.29, 1.82) is 10.5 Å². The highest BCUT2D eigenvalue weighted by Crippen LogP contribution is 2.34. The maximum atomic E-state index is 9.49. The molecule has 0 atom stereocenters. The molecule has 0 aliphatic rings. The van der Waals surface area contributed by atoms with E-state index in [9.17, 15) is 10.5 Å². The number of fused-ring (bicyclic) bond motifs is 4. The van der Waals surface area contributed by atoms with E-state index in [1.807, 2.05) is 91.9 Å². The van der Waals surface area contributed by atoms with Gasteiger partial charge < -0.3 is 0 Å². The Morgan fingerprint density at radius 2 is 1.35 bits per heavy atom. The minimum Gasteiger partial charge on any atom is -0.294 e. The minimum absolute atomic E-state index is 0.606. The van der Waals surface area contributed by atoms with Gasteiger partial charge in [0.2, 0.25) is 0 Å². The van der Waals surface area contributed by atoms with Gasteiger partial charge in [0.25, 0.3) is 0 Å². The van der Waals surface area contributed by atoms with Crippen LogP contribution in [-0.2, 0) is 0 Å². The number of pyridine rings is 1. The van der Waals surface area contributed by atoms with Crippen molar-refractivity contribution in [3.8, 4) is 23.8 Å². The summed E-state index contributed by atoms with van der Waals surface area (Å²) >= 11 is 0. The Balaban J connectivity index is 1.66. The number of nitriles is 2. The van der Waals surface area contributed by atoms with E-state index in [1.54, 1.807) is 0 Å². The summed E-state index contributed by atoms with van der Waals surface area (Å²) in [6.07, 6.45) is 5.86. The number of aromatic nitrogens is 3. The summed E-state index contributed by atoms with van der Waals surface area (Å²) in [6, 6.07) is 30.1. The van der Waals surface area contributed by atoms with Crippen molar-refractivity contribution >= 4 is 44.9 Å². The van der Waals surface area contributed by atoms with Crippen LogP contribution in [0.3, 0.4) is 0 Å². The molecule has 3 aromatic carbocycles. The summed E-state index contributed by atoms with van der Waals surface area (Å²) in [5.41, 5.74) is 6.10. The monoisotopic (exact) mass is 475 g/mol. The van der Waals surface area contributed by atoms with E-state index >= 15 is 0 Å². The quantitative estimate of drug-likeness (QED) is 0.264. The Labute approximate surface area is 214 Å². The molecule has 0 N–H and O–H groups in total. The van der Waals surface area contributed by atoms with Gasteiger partial charge in [0, 0.05) is 21.7 Å². The first-order chi connectivity index (χ1) is 18.2. The highest BCUT2D eigenvalue weighted by Gasteiger charge is 2.18. The van der Waals surface area contributed by atoms with E-state index in [4.69, 9.17) is 4.98 Å². The molecule has 0 unspecified atom stereocenters. The van der Waals surface area contributed by atoms with Gasteiger partial charge in [-0.3, -0.25) is 9.13 Å². The Bertz CT molecular complexity index is 1990. The first kappa shape index (κ1) is 22.1. The molecule has 0 radical (unpaired) electrons. The second kappa shape index (κ2) is 8.68. The SMILES string of the molecule is C=Cc1c(/C=C\C)c2cc(C#N)ccc2n1-c1cccc(-n2c3ccccc3c3cc(C#N)ccc32)n1. The van der Waals surface area contributed by atoms with Gasteiger partial charge in [-0.25, -0.2) is 4.98 Å². The fourth-order valence-corrected chi connectivity index (χ4v) is 5.14. The second-order valence-electron chi connectivity index (χ2n) is 8.73. The minimum atomic E-state index is 0.606. The van der Waals surface area contributed by atoms with E-state index in [1.165, 1.54) is 0 Å². The van der Waals surface area contributed by atoms with Crippen molar-refractivity contribution < 1.29 is 0 Å². The summed E-state index contributed by atoms with van der Waals surface area (Å²) in [5.74, 6) is 1.52. The zero-order valence-electron chi connectivity index (χ0n) is 20.2. The van der Waals surface area contributed by atoms with Crippen molar-refractivity contribution in [2.24, 2.45) is 0 Å². The van der Waals surface area contributed by atoms with E-state index in [-0.39, 0.29) is 0 Å². The molecule has 3 aromatic heterocycles. The van der Waals surface area contributed by atoms with Gasteiger partial charge in [-0.2, -0.15) is 10.5 Å². The topological polar surface area (TPSA) is 70.3 Å². The zero-order chi connectivity index (χ0) is 25.5. The zero-order valence-corrected chi connectivity index (χ0v) is 20.2. The van der Waals surface area contributed by atoms with E-state index in [2.05, 4.69) is 40.0 Å². The van der Waals surface area contributed by atoms with Crippen molar-refractivity contribution in [3.63, 3.8) is 0 Å². The van der Waals surface area contributed by atoms with E-state index in [0.717, 1.165) is 55.6 Å². The number of benzene rings is 3. The Morgan fingerprint density at radius 1 is 0.730 bits per heavy atom. The summed E-state index contributed by atoms with van der Waals surface area (Å²) in [7, 11) is 0. The average molecular weight is 476 g/mol. The molecule has 174 valence electrons. The van der Waals surface area contributed by atoms with Gasteiger partial charge in [-0.05, 0) is 67.6 Å². The fourth-order valence-electron chi connectivity index (χ4n) is 5.14. The fraction of sp³-hybridized carbons (Fsp3) is 0.0312. The number of allylic oxidation sites excluding steroid dienone is 1. The number of rotatable bonds is 4. The lowest BCUT2D eigenvalue weighted by atomic mass is 10.1. The number of hydrogen-bond acceptors (Lipinski definition) is 3. The normalized spacial score (nSPS) is 11.3. The molecule has 5 nitrogen and oxygen atoms in total. The van der Waals surface area contributed by atoms with Gasteiger partial charge >= 0.3 is 0 Å². The average Bonchev–Trinajstić information content (AvgIpc) is 3.44. The lowest BCUT2D eigenvalue weighted by Gasteiger charge is -2.12. The van der Waals surface area contributed by atoms with Crippen molar-refractivity contribution in [3.05, 3.63) is 114 Å². The maximum absolute atomic E-state index is 9.49. The van der Waals surface area contributed by atoms with E-state index < -0.39 is 0 Å². The van der Waals surface area contributed by atoms with Crippen LogP contribution in [0.15, 0.2) is 91.5 Å². The van der Waals surface area contributed by atoms with Crippen molar-refractivity contribution in [2.45, 2.75) is 6.92 Å². The number of nitrogens with zero attached hydrogens (tertiary/aromatic N) is 5. The van der Waals surface area contributed by atoms with Crippen LogP contribution in [0.2, 0.25) is 0 Å². The van der Waals surface area contributed by atoms with Crippen LogP contribution in [0, 0.1) is 22.7 Å². The molecule has 0 amide bonds. The Hall–Kier alpha value is -5.39. The number of hydrogen-bond donors (Lipinski definition) is 0. The molecule has 6 aromatic rings. The molecule has 6 rings (SSSR count). The molecular formula is C32H21N5. The predicted octanol–water partition coefficient (Wildman–Crippen LogP) is 7.54. The van der Waals surface area contributed by atoms with Gasteiger partial charge in [0.15, 0.2) is 0 Å². The van der Waals surface area contributed by atoms with Crippen LogP contribution in [0.25, 0.3) is 56.5 Å². The summed E-state index contributed by atoms with van der Waals surface area (Å²) in [4.78, 5) is 5.13. The van der Waals surface area contributed by atoms with Crippen LogP contribution in [0.1, 0.15) is 29.3 Å². The Morgan fingerprint density at radius 3 is 2.03 bits per heavy atom. The highest BCUT2D eigenvalue weighted by atomic mass is 15.1. The first-order valence-electron chi connectivity index (χ1n) is 11.9. The predicted molar refractivity (Wildman–Crippen MR) is 150 cm³/mol. The lowest BCUT2D eigenvalue weighted by molar-refractivity contribution is 0.986. The van der Waals surface area contributed by atoms with Crippen LogP contribution >= 0.6 is 0 Å². The van der Waals surface area contributed by atoms with Crippen LogP contribution < -0.4 is 0 Å². The first-order valence-corrected chi connectivity index (χ1v) is 11.9. The molecule has 0 saturated carbocycles. The lowest BCUT2D eigenvalue weighted by Crippen LogP contribution is -2.04. The molecule has 0 spiro atoms. The standard InChI is InChI=1S/C32H21N5/c1-3-8-23-25-17-21(19-33)13-15-29(25)36(27(23)4-2)31-11-7-12-32(35-31)37-28-10-6-5-9-24(28)26-18-22(20-34)14-16-30(26)37/h3-18H,2H2,1H3/b8-3-.